The lowest BCUT2D eigenvalue weighted by Crippen LogP contribution is -2.57. The third-order valence-corrected chi connectivity index (χ3v) is 9.51. The molecule has 0 unspecified atom stereocenters. The quantitative estimate of drug-likeness (QED) is 0.232. The number of benzene rings is 2. The van der Waals surface area contributed by atoms with Crippen LogP contribution in [0.3, 0.4) is 0 Å². The summed E-state index contributed by atoms with van der Waals surface area (Å²) in [6.07, 6.45) is 1.16. The van der Waals surface area contributed by atoms with Gasteiger partial charge in [-0.15, -0.1) is 11.3 Å². The number of rotatable bonds is 2. The van der Waals surface area contributed by atoms with Crippen LogP contribution in [0.2, 0.25) is 0 Å². The first-order chi connectivity index (χ1) is 22.5. The van der Waals surface area contributed by atoms with E-state index in [-0.39, 0.29) is 62.4 Å². The van der Waals surface area contributed by atoms with Gasteiger partial charge in [0, 0.05) is 48.7 Å². The summed E-state index contributed by atoms with van der Waals surface area (Å²) in [6, 6.07) is 5.62. The van der Waals surface area contributed by atoms with E-state index in [1.165, 1.54) is 18.2 Å². The lowest BCUT2D eigenvalue weighted by atomic mass is 9.92. The van der Waals surface area contributed by atoms with Crippen molar-refractivity contribution in [2.24, 2.45) is 0 Å². The Morgan fingerprint density at radius 3 is 2.38 bits per heavy atom. The maximum atomic E-state index is 16.6. The zero-order valence-corrected chi connectivity index (χ0v) is 28.7. The third kappa shape index (κ3) is 5.94. The monoisotopic (exact) mass is 677 g/mol. The first-order valence-corrected chi connectivity index (χ1v) is 16.6. The van der Waals surface area contributed by atoms with Gasteiger partial charge in [0.2, 0.25) is 0 Å². The van der Waals surface area contributed by atoms with Gasteiger partial charge in [-0.05, 0) is 78.1 Å². The molecule has 4 aromatic rings. The van der Waals surface area contributed by atoms with E-state index in [1.807, 2.05) is 17.7 Å². The second-order valence-corrected chi connectivity index (χ2v) is 15.2. The maximum absolute atomic E-state index is 16.6. The molecule has 6 rings (SSSR count). The fourth-order valence-corrected chi connectivity index (χ4v) is 7.63. The summed E-state index contributed by atoms with van der Waals surface area (Å²) in [7, 11) is 0. The summed E-state index contributed by atoms with van der Waals surface area (Å²) in [5.41, 5.74) is 0.334. The number of halogens is 2. The van der Waals surface area contributed by atoms with Crippen LogP contribution >= 0.6 is 11.3 Å². The van der Waals surface area contributed by atoms with Crippen LogP contribution < -0.4 is 5.32 Å². The minimum Gasteiger partial charge on any atom is -0.444 e. The van der Waals surface area contributed by atoms with Gasteiger partial charge in [-0.1, -0.05) is 6.07 Å². The number of piperazine rings is 1. The van der Waals surface area contributed by atoms with E-state index in [1.54, 1.807) is 51.3 Å². The highest BCUT2D eigenvalue weighted by atomic mass is 32.1. The van der Waals surface area contributed by atoms with Gasteiger partial charge in [0.05, 0.1) is 27.4 Å². The fourth-order valence-electron chi connectivity index (χ4n) is 6.56. The number of amides is 3. The van der Waals surface area contributed by atoms with Gasteiger partial charge >= 0.3 is 12.2 Å². The smallest absolute Gasteiger partial charge is 0.412 e. The summed E-state index contributed by atoms with van der Waals surface area (Å²) >= 11 is 0.867. The standard InChI is InChI=1S/C35H37F2N5O5S/c1-18-16-40-11-10-19-17-41(33(45)47-35(5,6)7)12-13-42(19)31(43)21-14-24(37)27(25(18)28(21)40)20-8-9-23(36)29-26(20)22(15-38)30(48-29)39-32(44)46-34(2,3)4/h8-9,14,16,19H,10-13,17H2,1-7H3,(H,39,44)/t19-/m1/s1. The van der Waals surface area contributed by atoms with E-state index in [0.29, 0.717) is 36.0 Å². The van der Waals surface area contributed by atoms with E-state index in [9.17, 15) is 19.6 Å². The molecule has 13 heteroatoms. The van der Waals surface area contributed by atoms with Crippen molar-refractivity contribution in [3.05, 3.63) is 52.7 Å². The number of aryl methyl sites for hydroxylation is 2. The zero-order chi connectivity index (χ0) is 34.9. The number of thiophene rings is 1. The molecule has 48 heavy (non-hydrogen) atoms. The van der Waals surface area contributed by atoms with E-state index in [4.69, 9.17) is 9.47 Å². The summed E-state index contributed by atoms with van der Waals surface area (Å²) in [5.74, 6) is -1.68. The van der Waals surface area contributed by atoms with E-state index >= 15 is 8.78 Å². The molecule has 0 spiro atoms. The van der Waals surface area contributed by atoms with Crippen molar-refractivity contribution in [1.29, 1.82) is 5.26 Å². The zero-order valence-electron chi connectivity index (χ0n) is 27.9. The molecule has 2 aliphatic rings. The van der Waals surface area contributed by atoms with Crippen LogP contribution in [-0.4, -0.2) is 69.3 Å². The number of ether oxygens (including phenoxy) is 2. The van der Waals surface area contributed by atoms with Gasteiger partial charge in [0.1, 0.15) is 33.9 Å². The normalized spacial score (nSPS) is 16.8. The van der Waals surface area contributed by atoms with Crippen LogP contribution in [0.1, 0.15) is 69.4 Å². The van der Waals surface area contributed by atoms with Crippen molar-refractivity contribution >= 4 is 55.4 Å². The predicted molar refractivity (Wildman–Crippen MR) is 179 cm³/mol. The number of hydrogen-bond acceptors (Lipinski definition) is 7. The highest BCUT2D eigenvalue weighted by Gasteiger charge is 2.38. The molecular formula is C35H37F2N5O5S. The summed E-state index contributed by atoms with van der Waals surface area (Å²) in [6.45, 7) is 13.6. The third-order valence-electron chi connectivity index (χ3n) is 8.40. The van der Waals surface area contributed by atoms with E-state index < -0.39 is 35.0 Å². The summed E-state index contributed by atoms with van der Waals surface area (Å²) < 4.78 is 44.8. The molecule has 2 aromatic heterocycles. The molecule has 10 nitrogen and oxygen atoms in total. The molecule has 1 N–H and O–H groups in total. The Hall–Kier alpha value is -4.70. The first-order valence-electron chi connectivity index (χ1n) is 15.7. The molecule has 0 aliphatic carbocycles. The molecule has 0 radical (unpaired) electrons. The molecule has 3 amide bonds. The Morgan fingerprint density at radius 2 is 1.71 bits per heavy atom. The number of nitrogens with zero attached hydrogens (tertiary/aromatic N) is 4. The Bertz CT molecular complexity index is 2050. The number of anilines is 1. The van der Waals surface area contributed by atoms with Gasteiger partial charge < -0.3 is 23.8 Å². The Morgan fingerprint density at radius 1 is 1.00 bits per heavy atom. The average Bonchev–Trinajstić information content (AvgIpc) is 3.51. The summed E-state index contributed by atoms with van der Waals surface area (Å²) in [4.78, 5) is 42.9. The van der Waals surface area contributed by atoms with E-state index in [2.05, 4.69) is 11.4 Å². The van der Waals surface area contributed by atoms with Gasteiger partial charge in [0.15, 0.2) is 0 Å². The van der Waals surface area contributed by atoms with Crippen molar-refractivity contribution in [2.45, 2.75) is 78.7 Å². The number of aromatic nitrogens is 1. The number of hydrogen-bond donors (Lipinski definition) is 1. The molecule has 2 aliphatic heterocycles. The highest BCUT2D eigenvalue weighted by Crippen LogP contribution is 2.46. The summed E-state index contributed by atoms with van der Waals surface area (Å²) in [5, 5.41) is 13.5. The average molecular weight is 678 g/mol. The molecule has 2 aromatic carbocycles. The lowest BCUT2D eigenvalue weighted by molar-refractivity contribution is 0.00286. The minimum atomic E-state index is -0.809. The van der Waals surface area contributed by atoms with Crippen LogP contribution in [0.5, 0.6) is 0 Å². The Labute approximate surface area is 280 Å². The van der Waals surface area contributed by atoms with Crippen LogP contribution in [-0.2, 0) is 16.0 Å². The number of fused-ring (bicyclic) bond motifs is 2. The molecular weight excluding hydrogens is 640 g/mol. The van der Waals surface area contributed by atoms with Crippen molar-refractivity contribution in [3.63, 3.8) is 0 Å². The number of carbonyl (C=O) groups excluding carboxylic acids is 3. The highest BCUT2D eigenvalue weighted by molar-refractivity contribution is 7.23. The van der Waals surface area contributed by atoms with Gasteiger partial charge in [-0.3, -0.25) is 10.1 Å². The first kappa shape index (κ1) is 33.2. The molecule has 0 saturated carbocycles. The second-order valence-electron chi connectivity index (χ2n) is 14.2. The van der Waals surface area contributed by atoms with Crippen LogP contribution in [0.15, 0.2) is 24.4 Å². The largest absolute Gasteiger partial charge is 0.444 e. The predicted octanol–water partition coefficient (Wildman–Crippen LogP) is 7.79. The molecule has 1 fully saturated rings. The van der Waals surface area contributed by atoms with E-state index in [0.717, 1.165) is 11.3 Å². The molecule has 252 valence electrons. The topological polar surface area (TPSA) is 117 Å². The lowest BCUT2D eigenvalue weighted by Gasteiger charge is -2.42. The molecule has 4 heterocycles. The number of nitriles is 1. The van der Waals surface area contributed by atoms with Crippen LogP contribution in [0, 0.1) is 29.9 Å². The van der Waals surface area contributed by atoms with Crippen LogP contribution in [0.25, 0.3) is 32.1 Å². The Balaban J connectivity index is 1.45. The van der Waals surface area contributed by atoms with Crippen molar-refractivity contribution in [2.75, 3.05) is 25.0 Å². The SMILES string of the molecule is Cc1cn2c3c(cc(F)c(-c4ccc(F)c5sc(NC(=O)OC(C)(C)C)c(C#N)c45)c13)C(=O)N1CCN(C(=O)OC(C)(C)C)C[C@H]1CC2. The van der Waals surface area contributed by atoms with Crippen molar-refractivity contribution in [3.8, 4) is 17.2 Å². The second kappa shape index (κ2) is 11.8. The van der Waals surface area contributed by atoms with Crippen LogP contribution in [0.4, 0.5) is 23.4 Å². The molecule has 1 saturated heterocycles. The van der Waals surface area contributed by atoms with Gasteiger partial charge in [-0.2, -0.15) is 5.26 Å². The van der Waals surface area contributed by atoms with Gasteiger partial charge in [0.25, 0.3) is 5.91 Å². The minimum absolute atomic E-state index is 0.0213. The van der Waals surface area contributed by atoms with Gasteiger partial charge in [-0.25, -0.2) is 18.4 Å². The fraction of sp³-hybridized carbons (Fsp3) is 0.429. The molecule has 0 bridgehead atoms. The maximum Gasteiger partial charge on any atom is 0.412 e. The van der Waals surface area contributed by atoms with Crippen molar-refractivity contribution in [1.82, 2.24) is 14.4 Å². The Kier molecular flexibility index (Phi) is 8.14. The van der Waals surface area contributed by atoms with Crippen molar-refractivity contribution < 1.29 is 32.6 Å². The number of carbonyl (C=O) groups is 3. The molecule has 1 atom stereocenters. The number of nitrogens with one attached hydrogen (secondary N) is 1.